The molecule has 5 N–H and O–H groups in total. The van der Waals surface area contributed by atoms with E-state index in [4.69, 9.17) is 11.5 Å². The number of fused-ring (bicyclic) bond motifs is 1. The summed E-state index contributed by atoms with van der Waals surface area (Å²) in [7, 11) is 0. The molecule has 0 saturated heterocycles. The maximum atomic E-state index is 12.8. The number of carbonyl (C=O) groups is 3. The predicted molar refractivity (Wildman–Crippen MR) is 107 cm³/mol. The molecular weight excluding hydrogens is 356 g/mol. The Morgan fingerprint density at radius 3 is 1.96 bits per heavy atom. The van der Waals surface area contributed by atoms with E-state index in [1.54, 1.807) is 48.5 Å². The first kappa shape index (κ1) is 17.3. The third-order valence-corrected chi connectivity index (χ3v) is 4.47. The van der Waals surface area contributed by atoms with Crippen molar-refractivity contribution in [2.45, 2.75) is 0 Å². The number of nitrogens with two attached hydrogens (primary N) is 2. The molecule has 3 aromatic carbocycles. The number of anilines is 4. The van der Waals surface area contributed by atoms with Crippen LogP contribution in [-0.4, -0.2) is 17.7 Å². The Morgan fingerprint density at radius 2 is 1.32 bits per heavy atom. The molecular formula is C21H16N4O3. The van der Waals surface area contributed by atoms with E-state index in [1.807, 2.05) is 0 Å². The minimum Gasteiger partial charge on any atom is -0.399 e. The smallest absolute Gasteiger partial charge is 0.266 e. The van der Waals surface area contributed by atoms with Gasteiger partial charge in [0, 0.05) is 22.6 Å². The molecule has 28 heavy (non-hydrogen) atoms. The van der Waals surface area contributed by atoms with Crippen molar-refractivity contribution in [1.29, 1.82) is 0 Å². The summed E-state index contributed by atoms with van der Waals surface area (Å²) in [6.07, 6.45) is 0. The van der Waals surface area contributed by atoms with Crippen LogP contribution in [0.15, 0.2) is 66.7 Å². The summed E-state index contributed by atoms with van der Waals surface area (Å²) in [6, 6.07) is 17.6. The van der Waals surface area contributed by atoms with E-state index >= 15 is 0 Å². The number of hydrogen-bond acceptors (Lipinski definition) is 5. The SMILES string of the molecule is Nc1ccc(NC(=O)c2ccc3c(c2)C(=O)N(c2ccc(N)cc2)C3=O)cc1. The standard InChI is InChI=1S/C21H16N4O3/c22-13-2-6-15(7-3-13)24-19(26)12-1-10-17-18(11-12)21(28)25(20(17)27)16-8-4-14(23)5-9-16/h1-11H,22-23H2,(H,24,26). The van der Waals surface area contributed by atoms with Crippen LogP contribution in [0.4, 0.5) is 22.7 Å². The minimum atomic E-state index is -0.480. The maximum absolute atomic E-state index is 12.8. The highest BCUT2D eigenvalue weighted by Crippen LogP contribution is 2.29. The number of rotatable bonds is 3. The van der Waals surface area contributed by atoms with Crippen molar-refractivity contribution < 1.29 is 14.4 Å². The van der Waals surface area contributed by atoms with Crippen molar-refractivity contribution in [1.82, 2.24) is 0 Å². The van der Waals surface area contributed by atoms with Crippen LogP contribution in [0.25, 0.3) is 0 Å². The van der Waals surface area contributed by atoms with Gasteiger partial charge in [-0.15, -0.1) is 0 Å². The van der Waals surface area contributed by atoms with Crippen LogP contribution in [0.2, 0.25) is 0 Å². The average Bonchev–Trinajstić information content (AvgIpc) is 2.94. The Bertz CT molecular complexity index is 1110. The Balaban J connectivity index is 1.62. The molecule has 3 amide bonds. The second kappa shape index (κ2) is 6.55. The number of benzene rings is 3. The zero-order valence-corrected chi connectivity index (χ0v) is 14.7. The van der Waals surface area contributed by atoms with E-state index in [0.29, 0.717) is 22.7 Å². The molecule has 4 rings (SSSR count). The average molecular weight is 372 g/mol. The lowest BCUT2D eigenvalue weighted by Gasteiger charge is -2.13. The van der Waals surface area contributed by atoms with Gasteiger partial charge in [0.2, 0.25) is 0 Å². The van der Waals surface area contributed by atoms with Crippen molar-refractivity contribution in [2.75, 3.05) is 21.7 Å². The van der Waals surface area contributed by atoms with Gasteiger partial charge in [-0.3, -0.25) is 14.4 Å². The first-order valence-electron chi connectivity index (χ1n) is 8.49. The van der Waals surface area contributed by atoms with Crippen LogP contribution in [0.1, 0.15) is 31.1 Å². The molecule has 7 heteroatoms. The summed E-state index contributed by atoms with van der Waals surface area (Å²) in [5.74, 6) is -1.30. The van der Waals surface area contributed by atoms with Crippen molar-refractivity contribution in [3.05, 3.63) is 83.4 Å². The van der Waals surface area contributed by atoms with Gasteiger partial charge in [0.05, 0.1) is 16.8 Å². The van der Waals surface area contributed by atoms with E-state index < -0.39 is 17.7 Å². The third-order valence-electron chi connectivity index (χ3n) is 4.47. The molecule has 0 atom stereocenters. The van der Waals surface area contributed by atoms with Crippen LogP contribution in [0.5, 0.6) is 0 Å². The fraction of sp³-hybridized carbons (Fsp3) is 0. The normalized spacial score (nSPS) is 12.8. The monoisotopic (exact) mass is 372 g/mol. The number of imide groups is 1. The Labute approximate surface area is 160 Å². The topological polar surface area (TPSA) is 119 Å². The predicted octanol–water partition coefficient (Wildman–Crippen LogP) is 2.90. The molecule has 1 heterocycles. The summed E-state index contributed by atoms with van der Waals surface area (Å²) in [5, 5.41) is 2.73. The van der Waals surface area contributed by atoms with Gasteiger partial charge in [-0.05, 0) is 66.7 Å². The molecule has 1 aliphatic heterocycles. The van der Waals surface area contributed by atoms with E-state index in [2.05, 4.69) is 5.32 Å². The maximum Gasteiger partial charge on any atom is 0.266 e. The number of nitrogens with one attached hydrogen (secondary N) is 1. The fourth-order valence-electron chi connectivity index (χ4n) is 3.01. The van der Waals surface area contributed by atoms with Gasteiger partial charge in [-0.25, -0.2) is 4.90 Å². The lowest BCUT2D eigenvalue weighted by molar-refractivity contribution is 0.0925. The van der Waals surface area contributed by atoms with Crippen molar-refractivity contribution in [3.8, 4) is 0 Å². The molecule has 0 aromatic heterocycles. The van der Waals surface area contributed by atoms with Gasteiger partial charge in [0.25, 0.3) is 17.7 Å². The first-order valence-corrected chi connectivity index (χ1v) is 8.49. The molecule has 138 valence electrons. The zero-order valence-electron chi connectivity index (χ0n) is 14.7. The van der Waals surface area contributed by atoms with Crippen molar-refractivity contribution >= 4 is 40.5 Å². The summed E-state index contributed by atoms with van der Waals surface area (Å²) < 4.78 is 0. The summed E-state index contributed by atoms with van der Waals surface area (Å²) in [6.45, 7) is 0. The third kappa shape index (κ3) is 2.95. The molecule has 0 unspecified atom stereocenters. The Kier molecular flexibility index (Phi) is 4.04. The second-order valence-corrected chi connectivity index (χ2v) is 6.37. The summed E-state index contributed by atoms with van der Waals surface area (Å²) in [5.41, 5.74) is 14.1. The van der Waals surface area contributed by atoms with Crippen LogP contribution in [0.3, 0.4) is 0 Å². The second-order valence-electron chi connectivity index (χ2n) is 6.37. The van der Waals surface area contributed by atoms with Crippen LogP contribution >= 0.6 is 0 Å². The molecule has 7 nitrogen and oxygen atoms in total. The highest BCUT2D eigenvalue weighted by Gasteiger charge is 2.37. The molecule has 1 aliphatic rings. The van der Waals surface area contributed by atoms with Gasteiger partial charge in [-0.2, -0.15) is 0 Å². The molecule has 0 fully saturated rings. The summed E-state index contributed by atoms with van der Waals surface area (Å²) in [4.78, 5) is 39.0. The van der Waals surface area contributed by atoms with Crippen molar-refractivity contribution in [3.63, 3.8) is 0 Å². The van der Waals surface area contributed by atoms with E-state index in [1.165, 1.54) is 18.2 Å². The number of amides is 3. The van der Waals surface area contributed by atoms with E-state index in [9.17, 15) is 14.4 Å². The highest BCUT2D eigenvalue weighted by atomic mass is 16.2. The van der Waals surface area contributed by atoms with Crippen LogP contribution in [-0.2, 0) is 0 Å². The Morgan fingerprint density at radius 1 is 0.750 bits per heavy atom. The van der Waals surface area contributed by atoms with Gasteiger partial charge in [0.15, 0.2) is 0 Å². The minimum absolute atomic E-state index is 0.187. The van der Waals surface area contributed by atoms with Crippen LogP contribution < -0.4 is 21.7 Å². The largest absolute Gasteiger partial charge is 0.399 e. The zero-order chi connectivity index (χ0) is 19.8. The number of nitrogens with zero attached hydrogens (tertiary/aromatic N) is 1. The van der Waals surface area contributed by atoms with E-state index in [0.717, 1.165) is 4.90 Å². The van der Waals surface area contributed by atoms with Gasteiger partial charge >= 0.3 is 0 Å². The fourth-order valence-corrected chi connectivity index (χ4v) is 3.01. The molecule has 0 radical (unpaired) electrons. The molecule has 0 spiro atoms. The van der Waals surface area contributed by atoms with E-state index in [-0.39, 0.29) is 16.7 Å². The van der Waals surface area contributed by atoms with Gasteiger partial charge in [-0.1, -0.05) is 0 Å². The van der Waals surface area contributed by atoms with Gasteiger partial charge < -0.3 is 16.8 Å². The van der Waals surface area contributed by atoms with Crippen LogP contribution in [0, 0.1) is 0 Å². The van der Waals surface area contributed by atoms with Gasteiger partial charge in [0.1, 0.15) is 0 Å². The molecule has 0 saturated carbocycles. The van der Waals surface area contributed by atoms with Crippen molar-refractivity contribution in [2.24, 2.45) is 0 Å². The number of nitrogen functional groups attached to an aromatic ring is 2. The quantitative estimate of drug-likeness (QED) is 0.482. The molecule has 0 bridgehead atoms. The number of hydrogen-bond donors (Lipinski definition) is 3. The molecule has 3 aromatic rings. The molecule has 0 aliphatic carbocycles. The Hall–Kier alpha value is -4.13. The lowest BCUT2D eigenvalue weighted by atomic mass is 10.1. The lowest BCUT2D eigenvalue weighted by Crippen LogP contribution is -2.29. The first-order chi connectivity index (χ1) is 13.4. The number of carbonyl (C=O) groups excluding carboxylic acids is 3. The highest BCUT2D eigenvalue weighted by molar-refractivity contribution is 6.34. The summed E-state index contributed by atoms with van der Waals surface area (Å²) >= 11 is 0.